The first kappa shape index (κ1) is 22.2. The number of anilines is 1. The number of ether oxygens (including phenoxy) is 1. The fraction of sp³-hybridized carbons (Fsp3) is 0.269. The molecule has 0 spiro atoms. The number of nitrogens with zero attached hydrogens (tertiary/aromatic N) is 2. The Morgan fingerprint density at radius 3 is 2.10 bits per heavy atom. The Morgan fingerprint density at radius 2 is 1.55 bits per heavy atom. The van der Waals surface area contributed by atoms with E-state index in [-0.39, 0.29) is 11.7 Å². The number of ketones is 1. The van der Waals surface area contributed by atoms with Gasteiger partial charge in [-0.25, -0.2) is 4.98 Å². The van der Waals surface area contributed by atoms with Gasteiger partial charge >= 0.3 is 0 Å². The summed E-state index contributed by atoms with van der Waals surface area (Å²) in [6.45, 7) is 2.00. The van der Waals surface area contributed by atoms with E-state index in [1.54, 1.807) is 31.3 Å². The Bertz CT molecular complexity index is 1010. The molecular weight excluding hydrogens is 388 g/mol. The molecular formula is C26H28N2O3. The maximum atomic E-state index is 12.5. The predicted molar refractivity (Wildman–Crippen MR) is 124 cm³/mol. The topological polar surface area (TPSA) is 59.5 Å². The van der Waals surface area contributed by atoms with Crippen molar-refractivity contribution in [1.29, 1.82) is 0 Å². The largest absolute Gasteiger partial charge is 0.481 e. The molecule has 0 unspecified atom stereocenters. The van der Waals surface area contributed by atoms with E-state index < -0.39 is 0 Å². The zero-order chi connectivity index (χ0) is 22.2. The average Bonchev–Trinajstić information content (AvgIpc) is 2.82. The van der Waals surface area contributed by atoms with Gasteiger partial charge in [-0.3, -0.25) is 9.59 Å². The molecule has 0 aliphatic heterocycles. The fourth-order valence-corrected chi connectivity index (χ4v) is 3.33. The molecule has 160 valence electrons. The lowest BCUT2D eigenvalue weighted by molar-refractivity contribution is -0.118. The Morgan fingerprint density at radius 1 is 0.903 bits per heavy atom. The Kier molecular flexibility index (Phi) is 7.55. The van der Waals surface area contributed by atoms with Crippen molar-refractivity contribution in [3.05, 3.63) is 78.0 Å². The molecule has 0 bridgehead atoms. The van der Waals surface area contributed by atoms with E-state index in [1.165, 1.54) is 0 Å². The monoisotopic (exact) mass is 416 g/mol. The molecule has 2 aromatic carbocycles. The summed E-state index contributed by atoms with van der Waals surface area (Å²) >= 11 is 0. The van der Waals surface area contributed by atoms with Gasteiger partial charge in [-0.05, 0) is 41.7 Å². The van der Waals surface area contributed by atoms with Crippen LogP contribution in [0.2, 0.25) is 0 Å². The standard InChI is InChI=1S/C26H28N2O3/c1-4-5-26(30)28(2)23-14-12-21(13-15-23)20-8-10-22(11-9-20)24(29)16-6-19-7-17-25(31-3)27-18-19/h7-15,17-18H,4-6,16H2,1-3H3. The molecule has 0 fully saturated rings. The summed E-state index contributed by atoms with van der Waals surface area (Å²) in [6.07, 6.45) is 4.20. The first-order chi connectivity index (χ1) is 15.0. The summed E-state index contributed by atoms with van der Waals surface area (Å²) in [6, 6.07) is 19.3. The highest BCUT2D eigenvalue weighted by molar-refractivity contribution is 5.96. The third kappa shape index (κ3) is 5.79. The number of aryl methyl sites for hydroxylation is 1. The number of benzene rings is 2. The van der Waals surface area contributed by atoms with Crippen LogP contribution in [0, 0.1) is 0 Å². The van der Waals surface area contributed by atoms with Gasteiger partial charge in [0.1, 0.15) is 0 Å². The van der Waals surface area contributed by atoms with Crippen LogP contribution in [0.1, 0.15) is 42.1 Å². The van der Waals surface area contributed by atoms with Crippen LogP contribution in [0.15, 0.2) is 66.9 Å². The minimum atomic E-state index is 0.105. The molecule has 0 saturated carbocycles. The van der Waals surface area contributed by atoms with E-state index >= 15 is 0 Å². The lowest BCUT2D eigenvalue weighted by Gasteiger charge is -2.17. The highest BCUT2D eigenvalue weighted by Crippen LogP contribution is 2.24. The highest BCUT2D eigenvalue weighted by Gasteiger charge is 2.11. The van der Waals surface area contributed by atoms with Gasteiger partial charge in [0.2, 0.25) is 11.8 Å². The van der Waals surface area contributed by atoms with Crippen LogP contribution in [-0.2, 0) is 11.2 Å². The van der Waals surface area contributed by atoms with Crippen LogP contribution in [0.3, 0.4) is 0 Å². The van der Waals surface area contributed by atoms with Gasteiger partial charge in [0.25, 0.3) is 0 Å². The fourth-order valence-electron chi connectivity index (χ4n) is 3.33. The first-order valence-corrected chi connectivity index (χ1v) is 10.5. The van der Waals surface area contributed by atoms with Gasteiger partial charge in [-0.1, -0.05) is 49.4 Å². The van der Waals surface area contributed by atoms with Crippen LogP contribution >= 0.6 is 0 Å². The molecule has 31 heavy (non-hydrogen) atoms. The van der Waals surface area contributed by atoms with Crippen LogP contribution < -0.4 is 9.64 Å². The van der Waals surface area contributed by atoms with Crippen molar-refractivity contribution in [3.8, 4) is 17.0 Å². The number of rotatable bonds is 9. The molecule has 0 aliphatic carbocycles. The van der Waals surface area contributed by atoms with Crippen molar-refractivity contribution in [1.82, 2.24) is 4.98 Å². The van der Waals surface area contributed by atoms with Gasteiger partial charge in [0.05, 0.1) is 7.11 Å². The molecule has 0 aliphatic rings. The summed E-state index contributed by atoms with van der Waals surface area (Å²) in [5.74, 6) is 0.787. The number of carbonyl (C=O) groups excluding carboxylic acids is 2. The van der Waals surface area contributed by atoms with Crippen LogP contribution in [0.5, 0.6) is 5.88 Å². The van der Waals surface area contributed by atoms with E-state index in [9.17, 15) is 9.59 Å². The normalized spacial score (nSPS) is 10.5. The molecule has 3 aromatic rings. The van der Waals surface area contributed by atoms with E-state index in [1.807, 2.05) is 61.5 Å². The third-order valence-corrected chi connectivity index (χ3v) is 5.28. The van der Waals surface area contributed by atoms with Crippen LogP contribution in [0.25, 0.3) is 11.1 Å². The molecule has 1 aromatic heterocycles. The molecule has 0 N–H and O–H groups in total. The Balaban J connectivity index is 1.61. The predicted octanol–water partition coefficient (Wildman–Crippen LogP) is 5.34. The van der Waals surface area contributed by atoms with Gasteiger partial charge in [0, 0.05) is 43.4 Å². The maximum absolute atomic E-state index is 12.5. The molecule has 0 radical (unpaired) electrons. The number of aromatic nitrogens is 1. The number of pyridine rings is 1. The molecule has 1 amide bonds. The smallest absolute Gasteiger partial charge is 0.226 e. The molecule has 5 nitrogen and oxygen atoms in total. The highest BCUT2D eigenvalue weighted by atomic mass is 16.5. The van der Waals surface area contributed by atoms with Crippen LogP contribution in [-0.4, -0.2) is 30.8 Å². The summed E-state index contributed by atoms with van der Waals surface area (Å²) in [7, 11) is 3.38. The van der Waals surface area contributed by atoms with Crippen molar-refractivity contribution in [2.24, 2.45) is 0 Å². The Labute approximate surface area is 183 Å². The van der Waals surface area contributed by atoms with E-state index in [4.69, 9.17) is 4.74 Å². The number of methoxy groups -OCH3 is 1. The van der Waals surface area contributed by atoms with E-state index in [0.29, 0.717) is 30.7 Å². The van der Waals surface area contributed by atoms with Crippen molar-refractivity contribution < 1.29 is 14.3 Å². The first-order valence-electron chi connectivity index (χ1n) is 10.5. The SMILES string of the molecule is CCCC(=O)N(C)c1ccc(-c2ccc(C(=O)CCc3ccc(OC)nc3)cc2)cc1. The second kappa shape index (κ2) is 10.5. The van der Waals surface area contributed by atoms with Crippen molar-refractivity contribution in [2.75, 3.05) is 19.1 Å². The van der Waals surface area contributed by atoms with E-state index in [2.05, 4.69) is 4.98 Å². The summed E-state index contributed by atoms with van der Waals surface area (Å²) in [5, 5.41) is 0. The number of hydrogen-bond acceptors (Lipinski definition) is 4. The molecule has 0 atom stereocenters. The summed E-state index contributed by atoms with van der Waals surface area (Å²) < 4.78 is 5.05. The van der Waals surface area contributed by atoms with Gasteiger partial charge < -0.3 is 9.64 Å². The second-order valence-corrected chi connectivity index (χ2v) is 7.46. The van der Waals surface area contributed by atoms with Crippen molar-refractivity contribution in [3.63, 3.8) is 0 Å². The van der Waals surface area contributed by atoms with Crippen molar-refractivity contribution >= 4 is 17.4 Å². The third-order valence-electron chi connectivity index (χ3n) is 5.28. The number of carbonyl (C=O) groups is 2. The number of hydrogen-bond donors (Lipinski definition) is 0. The Hall–Kier alpha value is -3.47. The maximum Gasteiger partial charge on any atom is 0.226 e. The number of Topliss-reactive ketones (excluding diaryl/α,β-unsaturated/α-hetero) is 1. The summed E-state index contributed by atoms with van der Waals surface area (Å²) in [5.41, 5.74) is 4.66. The zero-order valence-corrected chi connectivity index (χ0v) is 18.3. The molecule has 5 heteroatoms. The quantitative estimate of drug-likeness (QED) is 0.442. The van der Waals surface area contributed by atoms with Crippen LogP contribution in [0.4, 0.5) is 5.69 Å². The van der Waals surface area contributed by atoms with Gasteiger partial charge in [-0.2, -0.15) is 0 Å². The zero-order valence-electron chi connectivity index (χ0n) is 18.3. The molecule has 1 heterocycles. The molecule has 3 rings (SSSR count). The number of amides is 1. The van der Waals surface area contributed by atoms with Crippen molar-refractivity contribution in [2.45, 2.75) is 32.6 Å². The lowest BCUT2D eigenvalue weighted by Crippen LogP contribution is -2.25. The average molecular weight is 417 g/mol. The van der Waals surface area contributed by atoms with E-state index in [0.717, 1.165) is 28.8 Å². The van der Waals surface area contributed by atoms with Gasteiger partial charge in [-0.15, -0.1) is 0 Å². The summed E-state index contributed by atoms with van der Waals surface area (Å²) in [4.78, 5) is 30.5. The minimum absolute atomic E-state index is 0.105. The minimum Gasteiger partial charge on any atom is -0.481 e. The second-order valence-electron chi connectivity index (χ2n) is 7.46. The molecule has 0 saturated heterocycles. The van der Waals surface area contributed by atoms with Gasteiger partial charge in [0.15, 0.2) is 5.78 Å². The lowest BCUT2D eigenvalue weighted by atomic mass is 9.99.